The third kappa shape index (κ3) is 3.98. The standard InChI is InChI=1S/C18H46Si6/c1-19(2,3)24(20(4,5)6,21(7,8)9)17-18-22(10,11)15-14-16-23(18,12)13/h17H,14-16H2,1-13H3. The smallest absolute Gasteiger partial charge is 0.0703 e. The molecule has 0 nitrogen and oxygen atoms in total. The number of hydrogen-bond donors (Lipinski definition) is 0. The lowest BCUT2D eigenvalue weighted by atomic mass is 10.6. The van der Waals surface area contributed by atoms with Crippen LogP contribution in [0, 0.1) is 0 Å². The van der Waals surface area contributed by atoms with E-state index in [0.717, 1.165) is 0 Å². The predicted molar refractivity (Wildman–Crippen MR) is 133 cm³/mol. The van der Waals surface area contributed by atoms with E-state index in [2.05, 4.69) is 95.6 Å². The van der Waals surface area contributed by atoms with Gasteiger partial charge in [0, 0.05) is 22.8 Å². The van der Waals surface area contributed by atoms with Gasteiger partial charge < -0.3 is 0 Å². The number of rotatable bonds is 4. The zero-order valence-corrected chi connectivity index (χ0v) is 25.2. The molecule has 1 aliphatic rings. The van der Waals surface area contributed by atoms with E-state index in [4.69, 9.17) is 0 Å². The maximum Gasteiger partial charge on any atom is 0.0703 e. The summed E-state index contributed by atoms with van der Waals surface area (Å²) < 4.78 is 0. The average molecular weight is 431 g/mol. The molecule has 0 bridgehead atoms. The summed E-state index contributed by atoms with van der Waals surface area (Å²) >= 11 is 0. The first-order valence-electron chi connectivity index (χ1n) is 10.0. The molecule has 1 fully saturated rings. The summed E-state index contributed by atoms with van der Waals surface area (Å²) in [5.74, 6) is 0. The second-order valence-corrected chi connectivity index (χ2v) is 63.4. The molecule has 0 atom stereocenters. The van der Waals surface area contributed by atoms with Gasteiger partial charge in [-0.15, -0.1) is 5.70 Å². The van der Waals surface area contributed by atoms with Crippen LogP contribution in [0.4, 0.5) is 0 Å². The van der Waals surface area contributed by atoms with Crippen molar-refractivity contribution in [2.45, 2.75) is 104 Å². The molecule has 0 aliphatic carbocycles. The maximum atomic E-state index is 3.22. The summed E-state index contributed by atoms with van der Waals surface area (Å²) in [6.45, 7) is 34.2. The summed E-state index contributed by atoms with van der Waals surface area (Å²) in [7, 11) is -5.91. The van der Waals surface area contributed by atoms with Crippen molar-refractivity contribution in [1.82, 2.24) is 0 Å². The highest BCUT2D eigenvalue weighted by Crippen LogP contribution is 2.44. The maximum absolute atomic E-state index is 3.22. The Balaban J connectivity index is 3.86. The van der Waals surface area contributed by atoms with Crippen LogP contribution in [-0.2, 0) is 0 Å². The van der Waals surface area contributed by atoms with Gasteiger partial charge in [0.15, 0.2) is 0 Å². The van der Waals surface area contributed by atoms with E-state index in [0.29, 0.717) is 0 Å². The van der Waals surface area contributed by atoms with Crippen LogP contribution in [0.15, 0.2) is 10.5 Å². The van der Waals surface area contributed by atoms with Gasteiger partial charge in [-0.05, 0) is 0 Å². The van der Waals surface area contributed by atoms with Crippen LogP contribution in [0.5, 0.6) is 0 Å². The summed E-state index contributed by atoms with van der Waals surface area (Å²) in [5.41, 5.74) is 3.22. The van der Waals surface area contributed by atoms with E-state index in [1.807, 2.05) is 0 Å². The lowest BCUT2D eigenvalue weighted by molar-refractivity contribution is 0.997. The molecule has 0 spiro atoms. The quantitative estimate of drug-likeness (QED) is 0.419. The Morgan fingerprint density at radius 1 is 0.625 bits per heavy atom. The SMILES string of the molecule is C[Si]1(C)CCC[Si](C)(C)C1=C[Si]([Si](C)(C)C)([Si](C)(C)C)[Si](C)(C)C. The Morgan fingerprint density at radius 2 is 0.917 bits per heavy atom. The third-order valence-electron chi connectivity index (χ3n) is 6.97. The molecule has 0 unspecified atom stereocenters. The molecule has 0 aromatic rings. The lowest BCUT2D eigenvalue weighted by Crippen LogP contribution is -2.82. The molecule has 1 saturated heterocycles. The fraction of sp³-hybridized carbons (Fsp3) is 0.889. The zero-order valence-electron chi connectivity index (χ0n) is 19.2. The highest BCUT2D eigenvalue weighted by atomic mass is 29.9. The molecule has 0 saturated carbocycles. The molecule has 1 rings (SSSR count). The van der Waals surface area contributed by atoms with Crippen molar-refractivity contribution in [3.05, 3.63) is 10.5 Å². The first kappa shape index (κ1) is 23.1. The van der Waals surface area contributed by atoms with Gasteiger partial charge in [-0.2, -0.15) is 0 Å². The fourth-order valence-electron chi connectivity index (χ4n) is 6.79. The van der Waals surface area contributed by atoms with Crippen LogP contribution < -0.4 is 0 Å². The Labute approximate surface area is 159 Å². The van der Waals surface area contributed by atoms with Crippen LogP contribution >= 0.6 is 0 Å². The molecule has 0 amide bonds. The summed E-state index contributed by atoms with van der Waals surface area (Å²) in [6.07, 6.45) is 1.52. The van der Waals surface area contributed by atoms with E-state index in [1.54, 1.807) is 12.1 Å². The first-order valence-corrected chi connectivity index (χ1v) is 32.0. The summed E-state index contributed by atoms with van der Waals surface area (Å²) in [5, 5.41) is 0. The lowest BCUT2D eigenvalue weighted by Gasteiger charge is -2.58. The van der Waals surface area contributed by atoms with Crippen LogP contribution in [0.3, 0.4) is 0 Å². The van der Waals surface area contributed by atoms with Gasteiger partial charge in [0.2, 0.25) is 0 Å². The van der Waals surface area contributed by atoms with Crippen LogP contribution in [0.2, 0.25) is 97.2 Å². The molecule has 1 aliphatic heterocycles. The van der Waals surface area contributed by atoms with Crippen molar-refractivity contribution in [3.63, 3.8) is 0 Å². The van der Waals surface area contributed by atoms with E-state index in [9.17, 15) is 0 Å². The van der Waals surface area contributed by atoms with Crippen molar-refractivity contribution in [2.24, 2.45) is 0 Å². The topological polar surface area (TPSA) is 0 Å². The first-order chi connectivity index (χ1) is 10.3. The highest BCUT2D eigenvalue weighted by molar-refractivity contribution is 7.91. The minimum absolute atomic E-state index is 1.18. The molecule has 1 heterocycles. The summed E-state index contributed by atoms with van der Waals surface area (Å²) in [4.78, 5) is 2.14. The molecule has 0 N–H and O–H groups in total. The van der Waals surface area contributed by atoms with Crippen molar-refractivity contribution in [3.8, 4) is 0 Å². The molecular formula is C18H46Si6. The zero-order chi connectivity index (χ0) is 19.4. The van der Waals surface area contributed by atoms with E-state index >= 15 is 0 Å². The minimum Gasteiger partial charge on any atom is -0.110 e. The van der Waals surface area contributed by atoms with Crippen molar-refractivity contribution in [2.75, 3.05) is 0 Å². The van der Waals surface area contributed by atoms with E-state index < -0.39 is 45.5 Å². The number of hydrogen-bond acceptors (Lipinski definition) is 0. The highest BCUT2D eigenvalue weighted by Gasteiger charge is 2.61. The van der Waals surface area contributed by atoms with Gasteiger partial charge in [-0.25, -0.2) is 0 Å². The second kappa shape index (κ2) is 6.58. The monoisotopic (exact) mass is 430 g/mol. The molecular weight excluding hydrogens is 385 g/mol. The van der Waals surface area contributed by atoms with Crippen LogP contribution in [-0.4, -0.2) is 45.5 Å². The second-order valence-electron chi connectivity index (χ2n) is 12.7. The fourth-order valence-corrected chi connectivity index (χ4v) is 120. The molecule has 0 aromatic heterocycles. The largest absolute Gasteiger partial charge is 0.110 e. The predicted octanol–water partition coefficient (Wildman–Crippen LogP) is 7.05. The van der Waals surface area contributed by atoms with Gasteiger partial charge in [-0.1, -0.05) is 108 Å². The van der Waals surface area contributed by atoms with Gasteiger partial charge in [0.05, 0.1) is 22.8 Å². The van der Waals surface area contributed by atoms with Gasteiger partial charge in [0.25, 0.3) is 0 Å². The van der Waals surface area contributed by atoms with E-state index in [-0.39, 0.29) is 0 Å². The molecule has 142 valence electrons. The molecule has 24 heavy (non-hydrogen) atoms. The van der Waals surface area contributed by atoms with Crippen LogP contribution in [0.1, 0.15) is 6.42 Å². The molecule has 0 aromatic carbocycles. The van der Waals surface area contributed by atoms with Gasteiger partial charge in [0.1, 0.15) is 0 Å². The van der Waals surface area contributed by atoms with Crippen LogP contribution in [0.25, 0.3) is 0 Å². The van der Waals surface area contributed by atoms with Crippen molar-refractivity contribution < 1.29 is 0 Å². The molecule has 0 radical (unpaired) electrons. The average Bonchev–Trinajstić information content (AvgIpc) is 2.20. The van der Waals surface area contributed by atoms with Gasteiger partial charge in [-0.3, -0.25) is 0 Å². The Morgan fingerprint density at radius 3 is 1.17 bits per heavy atom. The third-order valence-corrected chi connectivity index (χ3v) is 88.9. The molecule has 6 heteroatoms. The van der Waals surface area contributed by atoms with Crippen molar-refractivity contribution >= 4 is 45.5 Å². The Bertz CT molecular complexity index is 443. The Kier molecular flexibility index (Phi) is 6.33. The van der Waals surface area contributed by atoms with Crippen molar-refractivity contribution in [1.29, 1.82) is 0 Å². The normalized spacial score (nSPS) is 22.5. The van der Waals surface area contributed by atoms with E-state index in [1.165, 1.54) is 6.42 Å². The minimum atomic E-state index is -1.34. The Hall–Kier alpha value is 1.04. The summed E-state index contributed by atoms with van der Waals surface area (Å²) in [6, 6.07) is 3.12. The van der Waals surface area contributed by atoms with Gasteiger partial charge >= 0.3 is 0 Å².